The summed E-state index contributed by atoms with van der Waals surface area (Å²) in [7, 11) is 0. The monoisotopic (exact) mass is 385 g/mol. The molecule has 28 heavy (non-hydrogen) atoms. The maximum Gasteiger partial charge on any atom is 0.274 e. The molecule has 2 atom stereocenters. The second kappa shape index (κ2) is 10.1. The Morgan fingerprint density at radius 1 is 1.04 bits per heavy atom. The van der Waals surface area contributed by atoms with Crippen molar-refractivity contribution in [2.24, 2.45) is 0 Å². The highest BCUT2D eigenvalue weighted by Crippen LogP contribution is 2.21. The Morgan fingerprint density at radius 2 is 1.89 bits per heavy atom. The molecule has 0 saturated heterocycles. The molecule has 1 aromatic carbocycles. The molecule has 0 saturated carbocycles. The highest BCUT2D eigenvalue weighted by molar-refractivity contribution is 5.92. The Kier molecular flexibility index (Phi) is 7.33. The van der Waals surface area contributed by atoms with Crippen LogP contribution >= 0.6 is 0 Å². The first-order chi connectivity index (χ1) is 13.6. The summed E-state index contributed by atoms with van der Waals surface area (Å²) in [4.78, 5) is 14.4. The molecule has 0 unspecified atom stereocenters. The number of aliphatic hydroxyl groups excluding tert-OH is 2. The summed E-state index contributed by atoms with van der Waals surface area (Å²) >= 11 is 0. The van der Waals surface area contributed by atoms with Crippen LogP contribution in [0.3, 0.4) is 0 Å². The lowest BCUT2D eigenvalue weighted by Gasteiger charge is -2.26. The number of para-hydroxylation sites is 1. The van der Waals surface area contributed by atoms with Crippen LogP contribution in [-0.4, -0.2) is 63.1 Å². The van der Waals surface area contributed by atoms with Gasteiger partial charge in [0.1, 0.15) is 18.5 Å². The normalized spacial score (nSPS) is 21.9. The number of hydrogen-bond donors (Lipinski definition) is 2. The number of aromatic nitrogens is 2. The lowest BCUT2D eigenvalue weighted by Crippen LogP contribution is -2.39. The van der Waals surface area contributed by atoms with Gasteiger partial charge < -0.3 is 19.8 Å². The first kappa shape index (κ1) is 20.2. The van der Waals surface area contributed by atoms with Gasteiger partial charge in [-0.3, -0.25) is 4.79 Å². The molecule has 0 bridgehead atoms. The maximum absolute atomic E-state index is 12.7. The van der Waals surface area contributed by atoms with Crippen molar-refractivity contribution in [3.8, 4) is 5.75 Å². The molecule has 3 rings (SSSR count). The molecular formula is C21H27N3O4. The van der Waals surface area contributed by atoms with Crippen LogP contribution in [0.4, 0.5) is 0 Å². The Morgan fingerprint density at radius 3 is 2.71 bits per heavy atom. The zero-order valence-corrected chi connectivity index (χ0v) is 15.9. The average molecular weight is 385 g/mol. The number of hydrogen-bond acceptors (Lipinski definition) is 6. The second-order valence-electron chi connectivity index (χ2n) is 7.05. The molecule has 2 N–H and O–H groups in total. The van der Waals surface area contributed by atoms with E-state index < -0.39 is 12.2 Å². The van der Waals surface area contributed by atoms with E-state index in [0.29, 0.717) is 13.1 Å². The van der Waals surface area contributed by atoms with Gasteiger partial charge >= 0.3 is 0 Å². The lowest BCUT2D eigenvalue weighted by atomic mass is 10.0. The highest BCUT2D eigenvalue weighted by Gasteiger charge is 2.22. The fourth-order valence-corrected chi connectivity index (χ4v) is 3.31. The van der Waals surface area contributed by atoms with E-state index in [-0.39, 0.29) is 24.6 Å². The van der Waals surface area contributed by atoms with Crippen LogP contribution in [-0.2, 0) is 6.42 Å². The molecule has 0 fully saturated rings. The van der Waals surface area contributed by atoms with E-state index in [4.69, 9.17) is 4.74 Å². The standard InChI is InChI=1S/C21H27N3O4/c25-18-11-14-24(21(27)17-9-6-12-22-23-17)13-5-1-2-7-16-8-3-4-10-20(16)28-15-19(18)26/h3-4,6,8-10,12,18-19,25-26H,1-2,5,7,11,13-15H2/t18-,19+/m0/s1. The van der Waals surface area contributed by atoms with Crippen LogP contribution in [0.25, 0.3) is 0 Å². The van der Waals surface area contributed by atoms with Gasteiger partial charge in [0.05, 0.1) is 6.10 Å². The summed E-state index contributed by atoms with van der Waals surface area (Å²) in [5, 5.41) is 28.2. The van der Waals surface area contributed by atoms with Gasteiger partial charge in [-0.05, 0) is 49.4 Å². The van der Waals surface area contributed by atoms with Crippen molar-refractivity contribution < 1.29 is 19.7 Å². The predicted molar refractivity (Wildman–Crippen MR) is 104 cm³/mol. The lowest BCUT2D eigenvalue weighted by molar-refractivity contribution is -0.0153. The molecule has 1 aromatic heterocycles. The molecule has 150 valence electrons. The largest absolute Gasteiger partial charge is 0.491 e. The first-order valence-corrected chi connectivity index (χ1v) is 9.79. The second-order valence-corrected chi connectivity index (χ2v) is 7.05. The molecule has 0 spiro atoms. The number of nitrogens with zero attached hydrogens (tertiary/aromatic N) is 3. The van der Waals surface area contributed by atoms with Crippen molar-refractivity contribution >= 4 is 5.91 Å². The number of aryl methyl sites for hydroxylation is 1. The third kappa shape index (κ3) is 5.50. The predicted octanol–water partition coefficient (Wildman–Crippen LogP) is 1.84. The fourth-order valence-electron chi connectivity index (χ4n) is 3.31. The van der Waals surface area contributed by atoms with E-state index in [1.165, 1.54) is 6.20 Å². The number of ether oxygens (including phenoxy) is 1. The van der Waals surface area contributed by atoms with Crippen LogP contribution in [0.2, 0.25) is 0 Å². The number of rotatable bonds is 1. The van der Waals surface area contributed by atoms with Crippen molar-refractivity contribution in [2.75, 3.05) is 19.7 Å². The Bertz CT molecular complexity index is 756. The van der Waals surface area contributed by atoms with Gasteiger partial charge in [0.25, 0.3) is 5.91 Å². The van der Waals surface area contributed by atoms with Gasteiger partial charge in [-0.25, -0.2) is 0 Å². The zero-order chi connectivity index (χ0) is 19.8. The number of aliphatic hydroxyl groups is 2. The van der Waals surface area contributed by atoms with E-state index in [1.54, 1.807) is 17.0 Å². The highest BCUT2D eigenvalue weighted by atomic mass is 16.5. The molecule has 7 heteroatoms. The van der Waals surface area contributed by atoms with Crippen molar-refractivity contribution in [2.45, 2.75) is 44.3 Å². The van der Waals surface area contributed by atoms with E-state index in [2.05, 4.69) is 10.2 Å². The minimum absolute atomic E-state index is 0.0102. The summed E-state index contributed by atoms with van der Waals surface area (Å²) in [5.41, 5.74) is 1.38. The van der Waals surface area contributed by atoms with Crippen molar-refractivity contribution in [1.82, 2.24) is 15.1 Å². The SMILES string of the molecule is O=C(c1cccnn1)N1CCCCCc2ccccc2OC[C@@H](O)[C@@H](O)CC1. The van der Waals surface area contributed by atoms with Gasteiger partial charge in [-0.1, -0.05) is 24.6 Å². The molecule has 1 aliphatic heterocycles. The quantitative estimate of drug-likeness (QED) is 0.778. The van der Waals surface area contributed by atoms with Gasteiger partial charge in [0, 0.05) is 19.3 Å². The summed E-state index contributed by atoms with van der Waals surface area (Å²) in [6, 6.07) is 11.1. The molecule has 1 amide bonds. The molecule has 0 aliphatic carbocycles. The van der Waals surface area contributed by atoms with Gasteiger partial charge in [-0.2, -0.15) is 5.10 Å². The summed E-state index contributed by atoms with van der Waals surface area (Å²) in [5.74, 6) is 0.550. The average Bonchev–Trinajstić information content (AvgIpc) is 2.74. The van der Waals surface area contributed by atoms with Crippen molar-refractivity contribution in [1.29, 1.82) is 0 Å². The first-order valence-electron chi connectivity index (χ1n) is 9.79. The van der Waals surface area contributed by atoms with Crippen molar-refractivity contribution in [3.63, 3.8) is 0 Å². The topological polar surface area (TPSA) is 95.8 Å². The van der Waals surface area contributed by atoms with Crippen molar-refractivity contribution in [3.05, 3.63) is 53.9 Å². The maximum atomic E-state index is 12.7. The molecule has 2 heterocycles. The van der Waals surface area contributed by atoms with Crippen LogP contribution in [0, 0.1) is 0 Å². The van der Waals surface area contributed by atoms with E-state index in [1.807, 2.05) is 24.3 Å². The third-order valence-electron chi connectivity index (χ3n) is 4.97. The number of amides is 1. The van der Waals surface area contributed by atoms with Gasteiger partial charge in [0.15, 0.2) is 5.69 Å². The van der Waals surface area contributed by atoms with Crippen LogP contribution in [0.15, 0.2) is 42.6 Å². The van der Waals surface area contributed by atoms with Crippen LogP contribution in [0.5, 0.6) is 5.75 Å². The minimum Gasteiger partial charge on any atom is -0.491 e. The number of benzene rings is 1. The molecule has 0 radical (unpaired) electrons. The summed E-state index contributed by atoms with van der Waals surface area (Å²) in [6.07, 6.45) is 3.47. The summed E-state index contributed by atoms with van der Waals surface area (Å²) in [6.45, 7) is 0.927. The minimum atomic E-state index is -1.02. The molecular weight excluding hydrogens is 358 g/mol. The Labute approximate surface area is 165 Å². The van der Waals surface area contributed by atoms with E-state index in [0.717, 1.165) is 37.0 Å². The number of carbonyl (C=O) groups is 1. The Hall–Kier alpha value is -2.51. The third-order valence-corrected chi connectivity index (χ3v) is 4.97. The fraction of sp³-hybridized carbons (Fsp3) is 0.476. The van der Waals surface area contributed by atoms with Gasteiger partial charge in [-0.15, -0.1) is 5.10 Å². The van der Waals surface area contributed by atoms with Crippen LogP contribution < -0.4 is 4.74 Å². The number of fused-ring (bicyclic) bond motifs is 1. The number of carbonyl (C=O) groups excluding carboxylic acids is 1. The molecule has 7 nitrogen and oxygen atoms in total. The Balaban J connectivity index is 1.70. The molecule has 1 aliphatic rings. The van der Waals surface area contributed by atoms with E-state index in [9.17, 15) is 15.0 Å². The van der Waals surface area contributed by atoms with Crippen LogP contribution in [0.1, 0.15) is 41.7 Å². The van der Waals surface area contributed by atoms with Gasteiger partial charge in [0.2, 0.25) is 0 Å². The smallest absolute Gasteiger partial charge is 0.274 e. The summed E-state index contributed by atoms with van der Waals surface area (Å²) < 4.78 is 5.75. The van der Waals surface area contributed by atoms with E-state index >= 15 is 0 Å². The molecule has 2 aromatic rings. The zero-order valence-electron chi connectivity index (χ0n) is 15.9.